The molecule has 0 aliphatic heterocycles. The lowest BCUT2D eigenvalue weighted by Gasteiger charge is -2.28. The molecular weight excluding hydrogens is 232 g/mol. The Morgan fingerprint density at radius 1 is 1.39 bits per heavy atom. The Balaban J connectivity index is 4.27. The molecule has 18 heavy (non-hydrogen) atoms. The average Bonchev–Trinajstić information content (AvgIpc) is 2.23. The molecule has 0 aromatic rings. The first-order chi connectivity index (χ1) is 8.38. The lowest BCUT2D eigenvalue weighted by atomic mass is 10.2. The van der Waals surface area contributed by atoms with Crippen molar-refractivity contribution in [2.24, 2.45) is 0 Å². The van der Waals surface area contributed by atoms with Gasteiger partial charge in [-0.25, -0.2) is 4.79 Å². The second-order valence-corrected chi connectivity index (χ2v) is 4.66. The van der Waals surface area contributed by atoms with Crippen LogP contribution in [0, 0.1) is 0 Å². The fourth-order valence-electron chi connectivity index (χ4n) is 1.60. The van der Waals surface area contributed by atoms with Crippen molar-refractivity contribution in [3.05, 3.63) is 12.7 Å². The average molecular weight is 256 g/mol. The van der Waals surface area contributed by atoms with Crippen molar-refractivity contribution < 1.29 is 14.7 Å². The number of carbonyl (C=O) groups is 2. The lowest BCUT2D eigenvalue weighted by molar-refractivity contribution is -0.137. The van der Waals surface area contributed by atoms with E-state index in [9.17, 15) is 9.59 Å². The summed E-state index contributed by atoms with van der Waals surface area (Å²) in [5.74, 6) is -0.834. The highest BCUT2D eigenvalue weighted by molar-refractivity contribution is 5.75. The lowest BCUT2D eigenvalue weighted by Crippen LogP contribution is -2.47. The maximum atomic E-state index is 12.0. The summed E-state index contributed by atoms with van der Waals surface area (Å²) in [4.78, 5) is 24.1. The molecule has 0 fully saturated rings. The number of aliphatic carboxylic acids is 1. The van der Waals surface area contributed by atoms with Gasteiger partial charge in [0.2, 0.25) is 0 Å². The van der Waals surface area contributed by atoms with Crippen molar-refractivity contribution in [2.75, 3.05) is 6.54 Å². The number of carboxylic acids is 1. The summed E-state index contributed by atoms with van der Waals surface area (Å²) < 4.78 is 0. The molecule has 0 aliphatic rings. The summed E-state index contributed by atoms with van der Waals surface area (Å²) in [6.45, 7) is 9.82. The number of rotatable bonds is 8. The Hall–Kier alpha value is -1.52. The number of amides is 2. The molecule has 2 N–H and O–H groups in total. The third-order valence-corrected chi connectivity index (χ3v) is 2.56. The minimum absolute atomic E-state index is 0.0377. The Bertz CT molecular complexity index is 290. The number of nitrogens with one attached hydrogen (secondary N) is 1. The van der Waals surface area contributed by atoms with E-state index < -0.39 is 5.97 Å². The summed E-state index contributed by atoms with van der Waals surface area (Å²) in [5.41, 5.74) is 0. The molecule has 0 aromatic carbocycles. The van der Waals surface area contributed by atoms with Gasteiger partial charge >= 0.3 is 12.0 Å². The van der Waals surface area contributed by atoms with Gasteiger partial charge in [-0.3, -0.25) is 4.79 Å². The highest BCUT2D eigenvalue weighted by atomic mass is 16.4. The van der Waals surface area contributed by atoms with Crippen molar-refractivity contribution in [3.63, 3.8) is 0 Å². The highest BCUT2D eigenvalue weighted by Gasteiger charge is 2.18. The van der Waals surface area contributed by atoms with E-state index in [0.29, 0.717) is 19.4 Å². The summed E-state index contributed by atoms with van der Waals surface area (Å²) in [7, 11) is 0. The maximum absolute atomic E-state index is 12.0. The normalized spacial score (nSPS) is 12.0. The van der Waals surface area contributed by atoms with Crippen molar-refractivity contribution in [2.45, 2.75) is 52.1 Å². The molecule has 1 unspecified atom stereocenters. The molecule has 0 spiro atoms. The van der Waals surface area contributed by atoms with Crippen LogP contribution >= 0.6 is 0 Å². The Labute approximate surface area is 109 Å². The van der Waals surface area contributed by atoms with Crippen LogP contribution in [0.5, 0.6) is 0 Å². The monoisotopic (exact) mass is 256 g/mol. The van der Waals surface area contributed by atoms with Gasteiger partial charge in [0, 0.05) is 25.0 Å². The van der Waals surface area contributed by atoms with Gasteiger partial charge in [0.1, 0.15) is 0 Å². The van der Waals surface area contributed by atoms with Crippen LogP contribution < -0.4 is 5.32 Å². The van der Waals surface area contributed by atoms with Gasteiger partial charge in [0.15, 0.2) is 0 Å². The second-order valence-electron chi connectivity index (χ2n) is 4.66. The van der Waals surface area contributed by atoms with Crippen LogP contribution in [0.1, 0.15) is 40.0 Å². The van der Waals surface area contributed by atoms with E-state index in [1.807, 2.05) is 20.8 Å². The molecule has 0 saturated heterocycles. The predicted molar refractivity (Wildman–Crippen MR) is 71.5 cm³/mol. The van der Waals surface area contributed by atoms with Gasteiger partial charge in [-0.15, -0.1) is 6.58 Å². The first-order valence-electron chi connectivity index (χ1n) is 6.28. The third-order valence-electron chi connectivity index (χ3n) is 2.56. The van der Waals surface area contributed by atoms with Crippen LogP contribution in [0.4, 0.5) is 4.79 Å². The van der Waals surface area contributed by atoms with E-state index in [-0.39, 0.29) is 24.5 Å². The third kappa shape index (κ3) is 6.93. The molecule has 0 aromatic heterocycles. The van der Waals surface area contributed by atoms with Crippen LogP contribution in [-0.4, -0.2) is 40.6 Å². The van der Waals surface area contributed by atoms with E-state index >= 15 is 0 Å². The summed E-state index contributed by atoms with van der Waals surface area (Å²) in [6, 6.07) is -0.0600. The molecule has 104 valence electrons. The molecule has 0 rings (SSSR count). The topological polar surface area (TPSA) is 69.6 Å². The van der Waals surface area contributed by atoms with Gasteiger partial charge in [-0.2, -0.15) is 0 Å². The van der Waals surface area contributed by atoms with Gasteiger partial charge < -0.3 is 15.3 Å². The standard InChI is InChI=1S/C13H24N2O3/c1-5-7-11(4)14-13(18)15(10(2)3)9-6-8-12(16)17/h5,10-11H,1,6-9H2,2-4H3,(H,14,18)(H,16,17). The van der Waals surface area contributed by atoms with Gasteiger partial charge in [-0.05, 0) is 33.6 Å². The zero-order valence-corrected chi connectivity index (χ0v) is 11.5. The number of carbonyl (C=O) groups excluding carboxylic acids is 1. The minimum atomic E-state index is -0.834. The van der Waals surface area contributed by atoms with Crippen molar-refractivity contribution in [1.29, 1.82) is 0 Å². The molecule has 5 heteroatoms. The van der Waals surface area contributed by atoms with Crippen LogP contribution in [-0.2, 0) is 4.79 Å². The highest BCUT2D eigenvalue weighted by Crippen LogP contribution is 2.04. The Morgan fingerprint density at radius 2 is 2.00 bits per heavy atom. The molecule has 1 atom stereocenters. The van der Waals surface area contributed by atoms with E-state index in [0.717, 1.165) is 0 Å². The number of urea groups is 1. The van der Waals surface area contributed by atoms with Gasteiger partial charge in [-0.1, -0.05) is 6.08 Å². The zero-order chi connectivity index (χ0) is 14.1. The van der Waals surface area contributed by atoms with Crippen molar-refractivity contribution in [1.82, 2.24) is 10.2 Å². The number of hydrogen-bond acceptors (Lipinski definition) is 2. The van der Waals surface area contributed by atoms with E-state index in [1.54, 1.807) is 11.0 Å². The zero-order valence-electron chi connectivity index (χ0n) is 11.5. The summed E-state index contributed by atoms with van der Waals surface area (Å²) >= 11 is 0. The molecule has 0 saturated carbocycles. The van der Waals surface area contributed by atoms with E-state index in [4.69, 9.17) is 5.11 Å². The van der Waals surface area contributed by atoms with Crippen molar-refractivity contribution >= 4 is 12.0 Å². The summed E-state index contributed by atoms with van der Waals surface area (Å²) in [5, 5.41) is 11.5. The molecule has 0 radical (unpaired) electrons. The fourth-order valence-corrected chi connectivity index (χ4v) is 1.60. The van der Waals surface area contributed by atoms with Crippen LogP contribution in [0.15, 0.2) is 12.7 Å². The molecular formula is C13H24N2O3. The quantitative estimate of drug-likeness (QED) is 0.654. The van der Waals surface area contributed by atoms with Gasteiger partial charge in [0.05, 0.1) is 0 Å². The SMILES string of the molecule is C=CCC(C)NC(=O)N(CCCC(=O)O)C(C)C. The maximum Gasteiger partial charge on any atom is 0.317 e. The number of nitrogens with zero attached hydrogens (tertiary/aromatic N) is 1. The van der Waals surface area contributed by atoms with Crippen LogP contribution in [0.2, 0.25) is 0 Å². The minimum Gasteiger partial charge on any atom is -0.481 e. The predicted octanol–water partition coefficient (Wildman–Crippen LogP) is 2.24. The first kappa shape index (κ1) is 16.5. The molecule has 0 aliphatic carbocycles. The number of hydrogen-bond donors (Lipinski definition) is 2. The van der Waals surface area contributed by atoms with Crippen molar-refractivity contribution in [3.8, 4) is 0 Å². The summed E-state index contributed by atoms with van der Waals surface area (Å²) in [6.07, 6.45) is 3.03. The molecule has 0 bridgehead atoms. The largest absolute Gasteiger partial charge is 0.481 e. The molecule has 5 nitrogen and oxygen atoms in total. The van der Waals surface area contributed by atoms with E-state index in [2.05, 4.69) is 11.9 Å². The molecule has 2 amide bonds. The van der Waals surface area contributed by atoms with Crippen LogP contribution in [0.3, 0.4) is 0 Å². The smallest absolute Gasteiger partial charge is 0.317 e. The van der Waals surface area contributed by atoms with Crippen LogP contribution in [0.25, 0.3) is 0 Å². The van der Waals surface area contributed by atoms with Gasteiger partial charge in [0.25, 0.3) is 0 Å². The second kappa shape index (κ2) is 8.55. The number of carboxylic acid groups (broad SMARTS) is 1. The molecule has 0 heterocycles. The Kier molecular flexibility index (Phi) is 7.83. The Morgan fingerprint density at radius 3 is 2.44 bits per heavy atom. The van der Waals surface area contributed by atoms with E-state index in [1.165, 1.54) is 0 Å². The first-order valence-corrected chi connectivity index (χ1v) is 6.28. The fraction of sp³-hybridized carbons (Fsp3) is 0.692.